The lowest BCUT2D eigenvalue weighted by molar-refractivity contribution is 0.437. The van der Waals surface area contributed by atoms with Gasteiger partial charge in [0.15, 0.2) is 0 Å². The molecule has 1 atom stereocenters. The van der Waals surface area contributed by atoms with Crippen molar-refractivity contribution in [1.29, 1.82) is 5.26 Å². The molecule has 0 radical (unpaired) electrons. The van der Waals surface area contributed by atoms with Gasteiger partial charge in [0.2, 0.25) is 0 Å². The van der Waals surface area contributed by atoms with E-state index >= 15 is 0 Å². The lowest BCUT2D eigenvalue weighted by Crippen LogP contribution is -2.41. The standard InChI is InChI=1S/C16H20N4S/c1-3-9-20-16(2,11-17)8-10-21-15-13-6-4-5-7-14(13)18-12-19-15/h4-7,12,20H,3,8-10H2,1-2H3. The van der Waals surface area contributed by atoms with E-state index in [9.17, 15) is 5.26 Å². The van der Waals surface area contributed by atoms with E-state index in [0.29, 0.717) is 0 Å². The van der Waals surface area contributed by atoms with E-state index in [2.05, 4.69) is 28.3 Å². The van der Waals surface area contributed by atoms with E-state index in [0.717, 1.165) is 41.1 Å². The van der Waals surface area contributed by atoms with Crippen molar-refractivity contribution in [3.8, 4) is 6.07 Å². The fraction of sp³-hybridized carbons (Fsp3) is 0.438. The van der Waals surface area contributed by atoms with Gasteiger partial charge in [0.05, 0.1) is 11.6 Å². The zero-order valence-corrected chi connectivity index (χ0v) is 13.3. The maximum absolute atomic E-state index is 9.33. The van der Waals surface area contributed by atoms with E-state index in [-0.39, 0.29) is 0 Å². The second kappa shape index (κ2) is 7.39. The molecule has 2 aromatic rings. The van der Waals surface area contributed by atoms with E-state index in [1.54, 1.807) is 18.1 Å². The van der Waals surface area contributed by atoms with Crippen molar-refractivity contribution in [2.45, 2.75) is 37.3 Å². The molecule has 5 heteroatoms. The fourth-order valence-corrected chi connectivity index (χ4v) is 3.19. The van der Waals surface area contributed by atoms with Crippen LogP contribution in [0.2, 0.25) is 0 Å². The number of benzene rings is 1. The van der Waals surface area contributed by atoms with Crippen molar-refractivity contribution in [1.82, 2.24) is 15.3 Å². The van der Waals surface area contributed by atoms with Gasteiger partial charge in [-0.05, 0) is 32.4 Å². The molecule has 1 N–H and O–H groups in total. The van der Waals surface area contributed by atoms with Crippen LogP contribution in [0, 0.1) is 11.3 Å². The first-order chi connectivity index (χ1) is 10.2. The molecule has 110 valence electrons. The van der Waals surface area contributed by atoms with Gasteiger partial charge in [0.1, 0.15) is 16.9 Å². The number of nitriles is 1. The molecule has 1 unspecified atom stereocenters. The molecule has 1 heterocycles. The molecule has 21 heavy (non-hydrogen) atoms. The summed E-state index contributed by atoms with van der Waals surface area (Å²) >= 11 is 1.68. The smallest absolute Gasteiger partial charge is 0.117 e. The lowest BCUT2D eigenvalue weighted by Gasteiger charge is -2.22. The monoisotopic (exact) mass is 300 g/mol. The molecule has 1 aromatic heterocycles. The Labute approximate surface area is 130 Å². The first kappa shape index (κ1) is 15.7. The Morgan fingerprint density at radius 3 is 2.90 bits per heavy atom. The first-order valence-corrected chi connectivity index (χ1v) is 8.16. The van der Waals surface area contributed by atoms with Crippen LogP contribution in [-0.4, -0.2) is 27.8 Å². The van der Waals surface area contributed by atoms with Crippen molar-refractivity contribution in [3.63, 3.8) is 0 Å². The van der Waals surface area contributed by atoms with Crippen LogP contribution in [0.25, 0.3) is 10.9 Å². The summed E-state index contributed by atoms with van der Waals surface area (Å²) in [5.41, 5.74) is 0.494. The summed E-state index contributed by atoms with van der Waals surface area (Å²) < 4.78 is 0. The number of hydrogen-bond donors (Lipinski definition) is 1. The SMILES string of the molecule is CCCNC(C)(C#N)CCSc1ncnc2ccccc12. The molecule has 0 spiro atoms. The third kappa shape index (κ3) is 4.16. The molecule has 0 aliphatic heterocycles. The number of nitrogens with zero attached hydrogens (tertiary/aromatic N) is 3. The topological polar surface area (TPSA) is 61.6 Å². The Morgan fingerprint density at radius 1 is 1.33 bits per heavy atom. The minimum atomic E-state index is -0.466. The number of aromatic nitrogens is 2. The van der Waals surface area contributed by atoms with Crippen LogP contribution < -0.4 is 5.32 Å². The Hall–Kier alpha value is -1.64. The second-order valence-corrected chi connectivity index (χ2v) is 6.25. The van der Waals surface area contributed by atoms with E-state index in [4.69, 9.17) is 0 Å². The van der Waals surface area contributed by atoms with Crippen LogP contribution in [0.4, 0.5) is 0 Å². The van der Waals surface area contributed by atoms with Gasteiger partial charge in [-0.1, -0.05) is 25.1 Å². The molecular weight excluding hydrogens is 280 g/mol. The van der Waals surface area contributed by atoms with Crippen molar-refractivity contribution in [2.24, 2.45) is 0 Å². The Balaban J connectivity index is 2.00. The van der Waals surface area contributed by atoms with Gasteiger partial charge in [-0.15, -0.1) is 11.8 Å². The predicted octanol–water partition coefficient (Wildman–Crippen LogP) is 3.39. The quantitative estimate of drug-likeness (QED) is 0.627. The van der Waals surface area contributed by atoms with Crippen LogP contribution in [0.3, 0.4) is 0 Å². The molecular formula is C16H20N4S. The molecule has 2 rings (SSSR count). The molecule has 1 aromatic carbocycles. The summed E-state index contributed by atoms with van der Waals surface area (Å²) in [5, 5.41) is 14.7. The van der Waals surface area contributed by atoms with Gasteiger partial charge >= 0.3 is 0 Å². The highest BCUT2D eigenvalue weighted by molar-refractivity contribution is 7.99. The molecule has 0 aliphatic rings. The maximum atomic E-state index is 9.33. The maximum Gasteiger partial charge on any atom is 0.117 e. The number of para-hydroxylation sites is 1. The van der Waals surface area contributed by atoms with Crippen LogP contribution in [-0.2, 0) is 0 Å². The molecule has 0 bridgehead atoms. The van der Waals surface area contributed by atoms with Gasteiger partial charge in [0.25, 0.3) is 0 Å². The molecule has 4 nitrogen and oxygen atoms in total. The highest BCUT2D eigenvalue weighted by Gasteiger charge is 2.22. The summed E-state index contributed by atoms with van der Waals surface area (Å²) in [6.07, 6.45) is 3.41. The zero-order valence-electron chi connectivity index (χ0n) is 12.5. The van der Waals surface area contributed by atoms with E-state index in [1.807, 2.05) is 31.2 Å². The third-order valence-corrected chi connectivity index (χ3v) is 4.37. The van der Waals surface area contributed by atoms with Crippen molar-refractivity contribution in [3.05, 3.63) is 30.6 Å². The summed E-state index contributed by atoms with van der Waals surface area (Å²) in [6, 6.07) is 10.4. The van der Waals surface area contributed by atoms with E-state index < -0.39 is 5.54 Å². The minimum Gasteiger partial charge on any atom is -0.300 e. The summed E-state index contributed by atoms with van der Waals surface area (Å²) in [7, 11) is 0. The van der Waals surface area contributed by atoms with Gasteiger partial charge in [0, 0.05) is 11.1 Å². The van der Waals surface area contributed by atoms with Crippen molar-refractivity contribution in [2.75, 3.05) is 12.3 Å². The van der Waals surface area contributed by atoms with Crippen molar-refractivity contribution < 1.29 is 0 Å². The van der Waals surface area contributed by atoms with Gasteiger partial charge < -0.3 is 0 Å². The highest BCUT2D eigenvalue weighted by Crippen LogP contribution is 2.26. The van der Waals surface area contributed by atoms with E-state index in [1.165, 1.54) is 0 Å². The van der Waals surface area contributed by atoms with Crippen LogP contribution in [0.15, 0.2) is 35.6 Å². The highest BCUT2D eigenvalue weighted by atomic mass is 32.2. The normalized spacial score (nSPS) is 13.8. The number of fused-ring (bicyclic) bond motifs is 1. The number of nitrogens with one attached hydrogen (secondary N) is 1. The molecule has 0 aliphatic carbocycles. The second-order valence-electron chi connectivity index (χ2n) is 5.17. The van der Waals surface area contributed by atoms with Gasteiger partial charge in [-0.2, -0.15) is 5.26 Å². The number of thioether (sulfide) groups is 1. The fourth-order valence-electron chi connectivity index (χ4n) is 2.03. The zero-order chi connectivity index (χ0) is 15.1. The van der Waals surface area contributed by atoms with Crippen LogP contribution >= 0.6 is 11.8 Å². The van der Waals surface area contributed by atoms with Crippen molar-refractivity contribution >= 4 is 22.7 Å². The Morgan fingerprint density at radius 2 is 2.14 bits per heavy atom. The molecule has 0 fully saturated rings. The molecule has 0 saturated carbocycles. The van der Waals surface area contributed by atoms with Gasteiger partial charge in [-0.25, -0.2) is 9.97 Å². The molecule has 0 saturated heterocycles. The Bertz CT molecular complexity index is 632. The average molecular weight is 300 g/mol. The molecule has 0 amide bonds. The number of hydrogen-bond acceptors (Lipinski definition) is 5. The Kier molecular flexibility index (Phi) is 5.54. The minimum absolute atomic E-state index is 0.466. The first-order valence-electron chi connectivity index (χ1n) is 7.17. The summed E-state index contributed by atoms with van der Waals surface area (Å²) in [6.45, 7) is 4.93. The third-order valence-electron chi connectivity index (χ3n) is 3.36. The predicted molar refractivity (Wildman–Crippen MR) is 87.2 cm³/mol. The van der Waals surface area contributed by atoms with Crippen LogP contribution in [0.5, 0.6) is 0 Å². The average Bonchev–Trinajstić information content (AvgIpc) is 2.53. The van der Waals surface area contributed by atoms with Crippen LogP contribution in [0.1, 0.15) is 26.7 Å². The van der Waals surface area contributed by atoms with Gasteiger partial charge in [-0.3, -0.25) is 5.32 Å². The lowest BCUT2D eigenvalue weighted by atomic mass is 10.0. The summed E-state index contributed by atoms with van der Waals surface area (Å²) in [5.74, 6) is 0.849. The largest absolute Gasteiger partial charge is 0.300 e. The number of rotatable bonds is 7. The summed E-state index contributed by atoms with van der Waals surface area (Å²) in [4.78, 5) is 8.63.